The Morgan fingerprint density at radius 2 is 1.69 bits per heavy atom. The fraction of sp³-hybridized carbons (Fsp3) is 0.0476. The number of fused-ring (bicyclic) bond motifs is 1. The number of nitrogens with zero attached hydrogens (tertiary/aromatic N) is 2. The number of hydrogen-bond acceptors (Lipinski definition) is 3. The maximum Gasteiger partial charge on any atom is 0.274 e. The van der Waals surface area contributed by atoms with Crippen LogP contribution in [0.4, 0.5) is 5.69 Å². The molecule has 4 aromatic rings. The summed E-state index contributed by atoms with van der Waals surface area (Å²) in [4.78, 5) is 17.7. The molecule has 5 nitrogen and oxygen atoms in total. The molecule has 0 unspecified atom stereocenters. The number of benzene rings is 2. The molecule has 0 radical (unpaired) electrons. The van der Waals surface area contributed by atoms with Gasteiger partial charge in [0.25, 0.3) is 5.91 Å². The number of aromatic nitrogens is 2. The van der Waals surface area contributed by atoms with E-state index in [4.69, 9.17) is 4.74 Å². The van der Waals surface area contributed by atoms with E-state index in [0.717, 1.165) is 17.0 Å². The summed E-state index contributed by atoms with van der Waals surface area (Å²) in [6.07, 6.45) is 1.84. The zero-order chi connectivity index (χ0) is 17.9. The molecule has 0 aliphatic carbocycles. The van der Waals surface area contributed by atoms with E-state index in [1.165, 1.54) is 0 Å². The van der Waals surface area contributed by atoms with Crippen molar-refractivity contribution in [3.8, 4) is 17.0 Å². The topological polar surface area (TPSA) is 55.6 Å². The lowest BCUT2D eigenvalue weighted by molar-refractivity contribution is 0.102. The number of nitrogens with one attached hydrogen (secondary N) is 1. The van der Waals surface area contributed by atoms with E-state index in [1.807, 2.05) is 79.0 Å². The minimum atomic E-state index is -0.215. The largest absolute Gasteiger partial charge is 0.497 e. The molecule has 26 heavy (non-hydrogen) atoms. The molecule has 0 saturated carbocycles. The molecule has 1 amide bonds. The highest BCUT2D eigenvalue weighted by molar-refractivity contribution is 6.07. The van der Waals surface area contributed by atoms with Crippen LogP contribution in [0.1, 0.15) is 10.5 Å². The summed E-state index contributed by atoms with van der Waals surface area (Å²) >= 11 is 0. The van der Waals surface area contributed by atoms with Crippen molar-refractivity contribution in [2.75, 3.05) is 12.4 Å². The quantitative estimate of drug-likeness (QED) is 0.602. The van der Waals surface area contributed by atoms with Gasteiger partial charge in [0.1, 0.15) is 22.8 Å². The van der Waals surface area contributed by atoms with Crippen molar-refractivity contribution in [2.24, 2.45) is 0 Å². The number of carbonyl (C=O) groups is 1. The highest BCUT2D eigenvalue weighted by Crippen LogP contribution is 2.25. The number of hydrogen-bond donors (Lipinski definition) is 1. The molecule has 0 bridgehead atoms. The van der Waals surface area contributed by atoms with Crippen LogP contribution >= 0.6 is 0 Å². The van der Waals surface area contributed by atoms with Crippen LogP contribution in [0.15, 0.2) is 79.0 Å². The molecule has 128 valence electrons. The van der Waals surface area contributed by atoms with Gasteiger partial charge in [-0.1, -0.05) is 36.4 Å². The van der Waals surface area contributed by atoms with Crippen molar-refractivity contribution in [2.45, 2.75) is 0 Å². The molecule has 2 aromatic carbocycles. The Morgan fingerprint density at radius 3 is 2.42 bits per heavy atom. The van der Waals surface area contributed by atoms with Crippen molar-refractivity contribution in [1.82, 2.24) is 9.38 Å². The third-order valence-corrected chi connectivity index (χ3v) is 4.14. The first kappa shape index (κ1) is 15.9. The summed E-state index contributed by atoms with van der Waals surface area (Å²) in [5, 5.41) is 2.94. The summed E-state index contributed by atoms with van der Waals surface area (Å²) in [5.74, 6) is 0.524. The van der Waals surface area contributed by atoms with E-state index >= 15 is 0 Å². The summed E-state index contributed by atoms with van der Waals surface area (Å²) in [6, 6.07) is 22.6. The van der Waals surface area contributed by atoms with Crippen molar-refractivity contribution >= 4 is 17.2 Å². The van der Waals surface area contributed by atoms with Gasteiger partial charge in [-0.15, -0.1) is 0 Å². The molecule has 0 atom stereocenters. The number of carbonyl (C=O) groups excluding carboxylic acids is 1. The molecule has 4 rings (SSSR count). The van der Waals surface area contributed by atoms with Crippen molar-refractivity contribution < 1.29 is 9.53 Å². The zero-order valence-electron chi connectivity index (χ0n) is 14.2. The van der Waals surface area contributed by atoms with Crippen molar-refractivity contribution in [3.63, 3.8) is 0 Å². The fourth-order valence-corrected chi connectivity index (χ4v) is 2.87. The molecule has 0 aliphatic rings. The standard InChI is InChI=1S/C21H17N3O2/c1-26-17-12-10-16(11-13-17)22-21(25)20-19(15-7-3-2-4-8-15)23-18-9-5-6-14-24(18)20/h2-14H,1H3,(H,22,25). The van der Waals surface area contributed by atoms with Gasteiger partial charge in [-0.05, 0) is 36.4 Å². The van der Waals surface area contributed by atoms with Gasteiger partial charge in [-0.3, -0.25) is 9.20 Å². The first-order valence-electron chi connectivity index (χ1n) is 8.24. The van der Waals surface area contributed by atoms with E-state index in [-0.39, 0.29) is 5.91 Å². The van der Waals surface area contributed by atoms with Crippen LogP contribution in [0.2, 0.25) is 0 Å². The highest BCUT2D eigenvalue weighted by Gasteiger charge is 2.20. The average Bonchev–Trinajstić information content (AvgIpc) is 3.09. The lowest BCUT2D eigenvalue weighted by Gasteiger charge is -2.08. The van der Waals surface area contributed by atoms with Crippen LogP contribution in [0, 0.1) is 0 Å². The predicted molar refractivity (Wildman–Crippen MR) is 102 cm³/mol. The molecule has 2 heterocycles. The molecule has 0 aliphatic heterocycles. The second-order valence-electron chi connectivity index (χ2n) is 5.79. The highest BCUT2D eigenvalue weighted by atomic mass is 16.5. The number of amides is 1. The van der Waals surface area contributed by atoms with Gasteiger partial charge >= 0.3 is 0 Å². The first-order chi connectivity index (χ1) is 12.8. The molecular formula is C21H17N3O2. The van der Waals surface area contributed by atoms with Crippen LogP contribution in [0.5, 0.6) is 5.75 Å². The van der Waals surface area contributed by atoms with E-state index in [2.05, 4.69) is 10.3 Å². The van der Waals surface area contributed by atoms with Crippen LogP contribution in [-0.4, -0.2) is 22.4 Å². The minimum absolute atomic E-state index is 0.215. The molecular weight excluding hydrogens is 326 g/mol. The fourth-order valence-electron chi connectivity index (χ4n) is 2.87. The maximum absolute atomic E-state index is 13.0. The smallest absolute Gasteiger partial charge is 0.274 e. The molecule has 1 N–H and O–H groups in total. The third kappa shape index (κ3) is 2.91. The van der Waals surface area contributed by atoms with E-state index in [0.29, 0.717) is 17.1 Å². The number of pyridine rings is 1. The van der Waals surface area contributed by atoms with E-state index in [9.17, 15) is 4.79 Å². The van der Waals surface area contributed by atoms with Gasteiger partial charge in [0.15, 0.2) is 0 Å². The Hall–Kier alpha value is -3.60. The second kappa shape index (κ2) is 6.72. The number of anilines is 1. The van der Waals surface area contributed by atoms with E-state index in [1.54, 1.807) is 11.5 Å². The number of imidazole rings is 1. The van der Waals surface area contributed by atoms with Gasteiger partial charge in [0.05, 0.1) is 7.11 Å². The molecule has 2 aromatic heterocycles. The number of methoxy groups -OCH3 is 1. The van der Waals surface area contributed by atoms with Gasteiger partial charge in [0.2, 0.25) is 0 Å². The van der Waals surface area contributed by atoms with Crippen LogP contribution < -0.4 is 10.1 Å². The lowest BCUT2D eigenvalue weighted by Crippen LogP contribution is -2.15. The zero-order valence-corrected chi connectivity index (χ0v) is 14.2. The average molecular weight is 343 g/mol. The normalized spacial score (nSPS) is 10.7. The van der Waals surface area contributed by atoms with Crippen LogP contribution in [0.3, 0.4) is 0 Å². The Labute approximate surface area is 150 Å². The van der Waals surface area contributed by atoms with Gasteiger partial charge in [-0.25, -0.2) is 4.98 Å². The second-order valence-corrected chi connectivity index (χ2v) is 5.79. The summed E-state index contributed by atoms with van der Waals surface area (Å²) in [7, 11) is 1.61. The molecule has 0 fully saturated rings. The monoisotopic (exact) mass is 343 g/mol. The Balaban J connectivity index is 1.77. The lowest BCUT2D eigenvalue weighted by atomic mass is 10.1. The van der Waals surface area contributed by atoms with Crippen molar-refractivity contribution in [3.05, 3.63) is 84.7 Å². The number of ether oxygens (including phenoxy) is 1. The minimum Gasteiger partial charge on any atom is -0.497 e. The van der Waals surface area contributed by atoms with Crippen LogP contribution in [-0.2, 0) is 0 Å². The first-order valence-corrected chi connectivity index (χ1v) is 8.24. The molecule has 0 saturated heterocycles. The van der Waals surface area contributed by atoms with Crippen molar-refractivity contribution in [1.29, 1.82) is 0 Å². The molecule has 0 spiro atoms. The Morgan fingerprint density at radius 1 is 0.962 bits per heavy atom. The third-order valence-electron chi connectivity index (χ3n) is 4.14. The Bertz CT molecular complexity index is 1050. The summed E-state index contributed by atoms with van der Waals surface area (Å²) in [6.45, 7) is 0. The van der Waals surface area contributed by atoms with Gasteiger partial charge in [0, 0.05) is 17.4 Å². The maximum atomic E-state index is 13.0. The van der Waals surface area contributed by atoms with Gasteiger partial charge < -0.3 is 10.1 Å². The van der Waals surface area contributed by atoms with E-state index < -0.39 is 0 Å². The van der Waals surface area contributed by atoms with Crippen LogP contribution in [0.25, 0.3) is 16.9 Å². The number of rotatable bonds is 4. The Kier molecular flexibility index (Phi) is 4.11. The molecule has 5 heteroatoms. The van der Waals surface area contributed by atoms with Gasteiger partial charge in [-0.2, -0.15) is 0 Å². The SMILES string of the molecule is COc1ccc(NC(=O)c2c(-c3ccccc3)nc3ccccn23)cc1. The summed E-state index contributed by atoms with van der Waals surface area (Å²) in [5.41, 5.74) is 3.48. The predicted octanol–water partition coefficient (Wildman–Crippen LogP) is 4.26. The summed E-state index contributed by atoms with van der Waals surface area (Å²) < 4.78 is 6.96.